The monoisotopic (exact) mass is 317 g/mol. The SMILES string of the molecule is CCCC(CCC)CCCC1COCCN1Cc1ccccc1. The summed E-state index contributed by atoms with van der Waals surface area (Å²) in [6, 6.07) is 11.5. The predicted molar refractivity (Wildman–Crippen MR) is 98.6 cm³/mol. The maximum Gasteiger partial charge on any atom is 0.0622 e. The van der Waals surface area contributed by atoms with E-state index in [1.807, 2.05) is 0 Å². The van der Waals surface area contributed by atoms with Crippen molar-refractivity contribution in [2.24, 2.45) is 5.92 Å². The Balaban J connectivity index is 1.79. The molecule has 0 N–H and O–H groups in total. The molecule has 0 amide bonds. The molecule has 0 aromatic heterocycles. The fraction of sp³-hybridized carbons (Fsp3) is 0.714. The molecule has 2 heteroatoms. The predicted octanol–water partition coefficient (Wildman–Crippen LogP) is 5.27. The molecule has 23 heavy (non-hydrogen) atoms. The molecule has 1 fully saturated rings. The van der Waals surface area contributed by atoms with Crippen LogP contribution in [0.2, 0.25) is 0 Å². The van der Waals surface area contributed by atoms with Crippen LogP contribution < -0.4 is 0 Å². The van der Waals surface area contributed by atoms with E-state index < -0.39 is 0 Å². The van der Waals surface area contributed by atoms with Crippen LogP contribution in [0.5, 0.6) is 0 Å². The van der Waals surface area contributed by atoms with Crippen LogP contribution in [-0.2, 0) is 11.3 Å². The third-order valence-corrected chi connectivity index (χ3v) is 5.12. The first-order valence-electron chi connectivity index (χ1n) is 9.69. The lowest BCUT2D eigenvalue weighted by molar-refractivity contribution is -0.0156. The van der Waals surface area contributed by atoms with Crippen LogP contribution in [0.4, 0.5) is 0 Å². The van der Waals surface area contributed by atoms with Crippen molar-refractivity contribution >= 4 is 0 Å². The van der Waals surface area contributed by atoms with Gasteiger partial charge in [0, 0.05) is 19.1 Å². The smallest absolute Gasteiger partial charge is 0.0622 e. The number of morpholine rings is 1. The van der Waals surface area contributed by atoms with E-state index in [1.54, 1.807) is 0 Å². The summed E-state index contributed by atoms with van der Waals surface area (Å²) in [5, 5.41) is 0. The minimum atomic E-state index is 0.604. The first kappa shape index (κ1) is 18.5. The van der Waals surface area contributed by atoms with E-state index >= 15 is 0 Å². The molecular formula is C21H35NO. The van der Waals surface area contributed by atoms with Gasteiger partial charge >= 0.3 is 0 Å². The van der Waals surface area contributed by atoms with Crippen LogP contribution in [-0.4, -0.2) is 30.7 Å². The van der Waals surface area contributed by atoms with Crippen molar-refractivity contribution in [3.05, 3.63) is 35.9 Å². The Kier molecular flexibility index (Phi) is 8.70. The molecule has 0 aliphatic carbocycles. The van der Waals surface area contributed by atoms with Gasteiger partial charge in [0.2, 0.25) is 0 Å². The summed E-state index contributed by atoms with van der Waals surface area (Å²) < 4.78 is 5.76. The van der Waals surface area contributed by atoms with Crippen molar-refractivity contribution in [2.75, 3.05) is 19.8 Å². The molecule has 0 radical (unpaired) electrons. The van der Waals surface area contributed by atoms with E-state index in [-0.39, 0.29) is 0 Å². The lowest BCUT2D eigenvalue weighted by atomic mass is 9.91. The zero-order chi connectivity index (χ0) is 16.3. The Bertz CT molecular complexity index is 400. The molecule has 1 aromatic carbocycles. The summed E-state index contributed by atoms with van der Waals surface area (Å²) >= 11 is 0. The first-order valence-corrected chi connectivity index (χ1v) is 9.69. The highest BCUT2D eigenvalue weighted by atomic mass is 16.5. The highest BCUT2D eigenvalue weighted by Gasteiger charge is 2.23. The van der Waals surface area contributed by atoms with Gasteiger partial charge < -0.3 is 4.74 Å². The molecule has 1 saturated heterocycles. The zero-order valence-electron chi connectivity index (χ0n) is 15.2. The number of ether oxygens (including phenoxy) is 1. The molecule has 1 aliphatic heterocycles. The summed E-state index contributed by atoms with van der Waals surface area (Å²) in [5.74, 6) is 0.942. The van der Waals surface area contributed by atoms with Gasteiger partial charge in [-0.1, -0.05) is 82.7 Å². The van der Waals surface area contributed by atoms with Crippen molar-refractivity contribution < 1.29 is 4.74 Å². The van der Waals surface area contributed by atoms with Crippen LogP contribution in [0, 0.1) is 5.92 Å². The van der Waals surface area contributed by atoms with Gasteiger partial charge in [-0.2, -0.15) is 0 Å². The standard InChI is InChI=1S/C21H35NO/c1-3-9-19(10-4-2)13-8-14-21-18-23-16-15-22(21)17-20-11-6-5-7-12-20/h5-7,11-12,19,21H,3-4,8-10,13-18H2,1-2H3. The first-order chi connectivity index (χ1) is 11.3. The van der Waals surface area contributed by atoms with Crippen LogP contribution in [0.15, 0.2) is 30.3 Å². The van der Waals surface area contributed by atoms with E-state index in [0.717, 1.165) is 32.2 Å². The van der Waals surface area contributed by atoms with Gasteiger partial charge in [0.05, 0.1) is 13.2 Å². The second kappa shape index (κ2) is 10.8. The average molecular weight is 318 g/mol. The second-order valence-electron chi connectivity index (χ2n) is 7.06. The molecule has 130 valence electrons. The fourth-order valence-corrected chi connectivity index (χ4v) is 3.87. The maximum atomic E-state index is 5.76. The van der Waals surface area contributed by atoms with Gasteiger partial charge in [-0.3, -0.25) is 4.90 Å². The lowest BCUT2D eigenvalue weighted by Crippen LogP contribution is -2.44. The molecule has 1 unspecified atom stereocenters. The highest BCUT2D eigenvalue weighted by Crippen LogP contribution is 2.23. The summed E-state index contributed by atoms with van der Waals surface area (Å²) in [4.78, 5) is 2.63. The largest absolute Gasteiger partial charge is 0.378 e. The summed E-state index contributed by atoms with van der Waals surface area (Å²) in [5.41, 5.74) is 1.43. The molecule has 0 saturated carbocycles. The quantitative estimate of drug-likeness (QED) is 0.582. The minimum Gasteiger partial charge on any atom is -0.378 e. The molecule has 2 nitrogen and oxygen atoms in total. The molecule has 0 spiro atoms. The van der Waals surface area contributed by atoms with Crippen molar-refractivity contribution in [3.63, 3.8) is 0 Å². The van der Waals surface area contributed by atoms with Gasteiger partial charge in [0.1, 0.15) is 0 Å². The van der Waals surface area contributed by atoms with Crippen molar-refractivity contribution in [1.82, 2.24) is 4.90 Å². The minimum absolute atomic E-state index is 0.604. The van der Waals surface area contributed by atoms with E-state index in [1.165, 1.54) is 50.5 Å². The highest BCUT2D eigenvalue weighted by molar-refractivity contribution is 5.14. The van der Waals surface area contributed by atoms with Crippen LogP contribution in [0.1, 0.15) is 64.4 Å². The second-order valence-corrected chi connectivity index (χ2v) is 7.06. The molecule has 1 aliphatic rings. The maximum absolute atomic E-state index is 5.76. The van der Waals surface area contributed by atoms with E-state index in [9.17, 15) is 0 Å². The van der Waals surface area contributed by atoms with Crippen molar-refractivity contribution in [3.8, 4) is 0 Å². The number of hydrogen-bond acceptors (Lipinski definition) is 2. The van der Waals surface area contributed by atoms with Crippen molar-refractivity contribution in [1.29, 1.82) is 0 Å². The Labute approximate surface area is 143 Å². The Morgan fingerprint density at radius 2 is 1.83 bits per heavy atom. The summed E-state index contributed by atoms with van der Waals surface area (Å²) in [6.07, 6.45) is 9.51. The Morgan fingerprint density at radius 3 is 2.52 bits per heavy atom. The zero-order valence-corrected chi connectivity index (χ0v) is 15.2. The number of rotatable bonds is 10. The number of hydrogen-bond donors (Lipinski definition) is 0. The number of nitrogens with zero attached hydrogens (tertiary/aromatic N) is 1. The number of benzene rings is 1. The Morgan fingerprint density at radius 1 is 1.09 bits per heavy atom. The molecule has 0 bridgehead atoms. The normalized spacial score (nSPS) is 19.3. The third-order valence-electron chi connectivity index (χ3n) is 5.12. The van der Waals surface area contributed by atoms with Gasteiger partial charge in [-0.25, -0.2) is 0 Å². The van der Waals surface area contributed by atoms with E-state index in [0.29, 0.717) is 6.04 Å². The lowest BCUT2D eigenvalue weighted by Gasteiger charge is -2.36. The third kappa shape index (κ3) is 6.64. The average Bonchev–Trinajstić information content (AvgIpc) is 2.58. The summed E-state index contributed by atoms with van der Waals surface area (Å²) in [6.45, 7) is 8.59. The topological polar surface area (TPSA) is 12.5 Å². The molecule has 1 aromatic rings. The van der Waals surface area contributed by atoms with Gasteiger partial charge in [-0.15, -0.1) is 0 Å². The summed E-state index contributed by atoms with van der Waals surface area (Å²) in [7, 11) is 0. The molecule has 1 heterocycles. The van der Waals surface area contributed by atoms with Crippen molar-refractivity contribution in [2.45, 2.75) is 71.4 Å². The van der Waals surface area contributed by atoms with Gasteiger partial charge in [0.25, 0.3) is 0 Å². The van der Waals surface area contributed by atoms with Crippen LogP contribution >= 0.6 is 0 Å². The molecule has 1 atom stereocenters. The molecular weight excluding hydrogens is 282 g/mol. The van der Waals surface area contributed by atoms with E-state index in [2.05, 4.69) is 49.1 Å². The van der Waals surface area contributed by atoms with E-state index in [4.69, 9.17) is 4.74 Å². The fourth-order valence-electron chi connectivity index (χ4n) is 3.87. The molecule has 2 rings (SSSR count). The van der Waals surface area contributed by atoms with Crippen LogP contribution in [0.25, 0.3) is 0 Å². The van der Waals surface area contributed by atoms with Crippen LogP contribution in [0.3, 0.4) is 0 Å². The van der Waals surface area contributed by atoms with Gasteiger partial charge in [0.15, 0.2) is 0 Å². The van der Waals surface area contributed by atoms with Gasteiger partial charge in [-0.05, 0) is 17.9 Å². The Hall–Kier alpha value is -0.860.